The number of aromatic nitrogens is 2. The minimum Gasteiger partial charge on any atom is -0.324 e. The predicted octanol–water partition coefficient (Wildman–Crippen LogP) is 3.14. The van der Waals surface area contributed by atoms with Crippen molar-refractivity contribution in [3.63, 3.8) is 0 Å². The number of benzene rings is 1. The van der Waals surface area contributed by atoms with E-state index in [9.17, 15) is 4.79 Å². The molecule has 0 fully saturated rings. The van der Waals surface area contributed by atoms with Gasteiger partial charge in [0, 0.05) is 23.1 Å². The van der Waals surface area contributed by atoms with Crippen LogP contribution in [-0.2, 0) is 11.3 Å². The first-order valence-electron chi connectivity index (χ1n) is 5.29. The van der Waals surface area contributed by atoms with E-state index in [1.807, 2.05) is 6.92 Å². The van der Waals surface area contributed by atoms with Crippen molar-refractivity contribution < 1.29 is 4.79 Å². The Kier molecular flexibility index (Phi) is 3.89. The van der Waals surface area contributed by atoms with Crippen LogP contribution in [0.1, 0.15) is 5.56 Å². The molecule has 1 amide bonds. The fourth-order valence-corrected chi connectivity index (χ4v) is 1.94. The normalized spacial score (nSPS) is 10.4. The van der Waals surface area contributed by atoms with Crippen molar-refractivity contribution >= 4 is 34.8 Å². The van der Waals surface area contributed by atoms with Gasteiger partial charge in [0.05, 0.1) is 0 Å². The number of hydrogen-bond donors (Lipinski definition) is 1. The first kappa shape index (κ1) is 12.9. The van der Waals surface area contributed by atoms with Gasteiger partial charge >= 0.3 is 0 Å². The summed E-state index contributed by atoms with van der Waals surface area (Å²) in [5, 5.41) is 3.73. The topological polar surface area (TPSA) is 46.9 Å². The highest BCUT2D eigenvalue weighted by Gasteiger charge is 2.08. The number of halogens is 2. The van der Waals surface area contributed by atoms with Crippen molar-refractivity contribution in [2.24, 2.45) is 0 Å². The van der Waals surface area contributed by atoms with E-state index in [4.69, 9.17) is 23.2 Å². The minimum absolute atomic E-state index is 0.126. The lowest BCUT2D eigenvalue weighted by Crippen LogP contribution is -2.18. The van der Waals surface area contributed by atoms with Crippen molar-refractivity contribution in [3.8, 4) is 0 Å². The number of nitrogens with zero attached hydrogens (tertiary/aromatic N) is 2. The minimum atomic E-state index is -0.166. The lowest BCUT2D eigenvalue weighted by Gasteiger charge is -2.09. The molecule has 1 heterocycles. The van der Waals surface area contributed by atoms with Gasteiger partial charge in [0.15, 0.2) is 0 Å². The van der Waals surface area contributed by atoms with Crippen LogP contribution in [0.3, 0.4) is 0 Å². The number of rotatable bonds is 3. The molecule has 0 aliphatic carbocycles. The molecule has 0 unspecified atom stereocenters. The smallest absolute Gasteiger partial charge is 0.244 e. The Morgan fingerprint density at radius 3 is 2.83 bits per heavy atom. The van der Waals surface area contributed by atoms with Crippen LogP contribution < -0.4 is 5.32 Å². The number of aryl methyl sites for hydroxylation is 1. The Hall–Kier alpha value is -1.52. The van der Waals surface area contributed by atoms with Gasteiger partial charge in [-0.2, -0.15) is 0 Å². The number of imidazole rings is 1. The van der Waals surface area contributed by atoms with E-state index < -0.39 is 0 Å². The van der Waals surface area contributed by atoms with Gasteiger partial charge < -0.3 is 9.88 Å². The second-order valence-electron chi connectivity index (χ2n) is 3.83. The largest absolute Gasteiger partial charge is 0.324 e. The predicted molar refractivity (Wildman–Crippen MR) is 72.1 cm³/mol. The van der Waals surface area contributed by atoms with Crippen LogP contribution in [0, 0.1) is 6.92 Å². The molecule has 2 rings (SSSR count). The van der Waals surface area contributed by atoms with Crippen LogP contribution in [0.5, 0.6) is 0 Å². The summed E-state index contributed by atoms with van der Waals surface area (Å²) in [6, 6.07) is 5.29. The van der Waals surface area contributed by atoms with Gasteiger partial charge in [-0.15, -0.1) is 0 Å². The summed E-state index contributed by atoms with van der Waals surface area (Å²) in [6.45, 7) is 2.01. The number of anilines is 1. The number of carbonyl (C=O) groups excluding carboxylic acids is 1. The third kappa shape index (κ3) is 3.03. The molecule has 0 bridgehead atoms. The van der Waals surface area contributed by atoms with E-state index >= 15 is 0 Å². The molecule has 6 heteroatoms. The van der Waals surface area contributed by atoms with Gasteiger partial charge in [-0.25, -0.2) is 4.98 Å². The SMILES string of the molecule is Cc1cc(Cl)ccc1NC(=O)Cn1ccnc1Cl. The van der Waals surface area contributed by atoms with E-state index in [0.29, 0.717) is 5.02 Å². The van der Waals surface area contributed by atoms with Gasteiger partial charge in [0.25, 0.3) is 0 Å². The van der Waals surface area contributed by atoms with Crippen LogP contribution in [-0.4, -0.2) is 15.5 Å². The van der Waals surface area contributed by atoms with Crippen LogP contribution >= 0.6 is 23.2 Å². The molecule has 0 aliphatic heterocycles. The Morgan fingerprint density at radius 2 is 2.22 bits per heavy atom. The summed E-state index contributed by atoms with van der Waals surface area (Å²) in [5.41, 5.74) is 1.65. The van der Waals surface area contributed by atoms with E-state index in [1.54, 1.807) is 35.2 Å². The molecular formula is C12H11Cl2N3O. The molecule has 0 aliphatic rings. The summed E-state index contributed by atoms with van der Waals surface area (Å²) < 4.78 is 1.56. The average molecular weight is 284 g/mol. The van der Waals surface area contributed by atoms with E-state index in [2.05, 4.69) is 10.3 Å². The van der Waals surface area contributed by atoms with E-state index in [1.165, 1.54) is 0 Å². The van der Waals surface area contributed by atoms with E-state index in [-0.39, 0.29) is 17.7 Å². The standard InChI is InChI=1S/C12H11Cl2N3O/c1-8-6-9(13)2-3-10(8)16-11(18)7-17-5-4-15-12(17)14/h2-6H,7H2,1H3,(H,16,18). The molecule has 0 atom stereocenters. The van der Waals surface area contributed by atoms with Crippen LogP contribution in [0.25, 0.3) is 0 Å². The second-order valence-corrected chi connectivity index (χ2v) is 4.61. The first-order chi connectivity index (χ1) is 8.56. The second kappa shape index (κ2) is 5.42. The van der Waals surface area contributed by atoms with Crippen molar-refractivity contribution in [1.29, 1.82) is 0 Å². The van der Waals surface area contributed by atoms with Gasteiger partial charge in [0.2, 0.25) is 11.2 Å². The van der Waals surface area contributed by atoms with Crippen molar-refractivity contribution in [3.05, 3.63) is 46.5 Å². The molecule has 0 saturated carbocycles. The molecule has 4 nitrogen and oxygen atoms in total. The first-order valence-corrected chi connectivity index (χ1v) is 6.04. The zero-order valence-corrected chi connectivity index (χ0v) is 11.2. The molecule has 1 aromatic carbocycles. The average Bonchev–Trinajstić information content (AvgIpc) is 2.69. The molecular weight excluding hydrogens is 273 g/mol. The molecule has 94 valence electrons. The third-order valence-electron chi connectivity index (χ3n) is 2.44. The van der Waals surface area contributed by atoms with Crippen LogP contribution in [0.2, 0.25) is 10.3 Å². The van der Waals surface area contributed by atoms with Crippen LogP contribution in [0.15, 0.2) is 30.6 Å². The van der Waals surface area contributed by atoms with E-state index in [0.717, 1.165) is 11.3 Å². The summed E-state index contributed by atoms with van der Waals surface area (Å²) >= 11 is 11.6. The number of carbonyl (C=O) groups is 1. The fourth-order valence-electron chi connectivity index (χ4n) is 1.54. The van der Waals surface area contributed by atoms with Crippen molar-refractivity contribution in [2.45, 2.75) is 13.5 Å². The molecule has 18 heavy (non-hydrogen) atoms. The summed E-state index contributed by atoms with van der Waals surface area (Å²) in [7, 11) is 0. The summed E-state index contributed by atoms with van der Waals surface area (Å²) in [5.74, 6) is -0.166. The van der Waals surface area contributed by atoms with Crippen molar-refractivity contribution in [2.75, 3.05) is 5.32 Å². The molecule has 1 aromatic heterocycles. The summed E-state index contributed by atoms with van der Waals surface area (Å²) in [6.07, 6.45) is 3.19. The van der Waals surface area contributed by atoms with Gasteiger partial charge in [-0.3, -0.25) is 4.79 Å². The maximum absolute atomic E-state index is 11.8. The molecule has 1 N–H and O–H groups in total. The molecule has 0 radical (unpaired) electrons. The number of hydrogen-bond acceptors (Lipinski definition) is 2. The van der Waals surface area contributed by atoms with Crippen molar-refractivity contribution in [1.82, 2.24) is 9.55 Å². The molecule has 0 spiro atoms. The maximum atomic E-state index is 11.8. The Balaban J connectivity index is 2.05. The van der Waals surface area contributed by atoms with Gasteiger partial charge in [-0.1, -0.05) is 11.6 Å². The highest BCUT2D eigenvalue weighted by Crippen LogP contribution is 2.19. The highest BCUT2D eigenvalue weighted by molar-refractivity contribution is 6.30. The zero-order chi connectivity index (χ0) is 13.1. The third-order valence-corrected chi connectivity index (χ3v) is 2.99. The zero-order valence-electron chi connectivity index (χ0n) is 9.65. The quantitative estimate of drug-likeness (QED) is 0.941. The van der Waals surface area contributed by atoms with Crippen LogP contribution in [0.4, 0.5) is 5.69 Å². The molecule has 0 saturated heterocycles. The maximum Gasteiger partial charge on any atom is 0.244 e. The summed E-state index contributed by atoms with van der Waals surface area (Å²) in [4.78, 5) is 15.7. The highest BCUT2D eigenvalue weighted by atomic mass is 35.5. The monoisotopic (exact) mass is 283 g/mol. The Labute approximate surface area is 115 Å². The Bertz CT molecular complexity index is 580. The van der Waals surface area contributed by atoms with Gasteiger partial charge in [0.1, 0.15) is 6.54 Å². The Morgan fingerprint density at radius 1 is 1.44 bits per heavy atom. The lowest BCUT2D eigenvalue weighted by molar-refractivity contribution is -0.116. The number of amides is 1. The lowest BCUT2D eigenvalue weighted by atomic mass is 10.2. The molecule has 2 aromatic rings. The van der Waals surface area contributed by atoms with Gasteiger partial charge in [-0.05, 0) is 42.3 Å². The number of nitrogens with one attached hydrogen (secondary N) is 1. The fraction of sp³-hybridized carbons (Fsp3) is 0.167.